The molecule has 18 heavy (non-hydrogen) atoms. The van der Waals surface area contributed by atoms with E-state index in [4.69, 9.17) is 4.74 Å². The molecule has 1 N–H and O–H groups in total. The third-order valence-electron chi connectivity index (χ3n) is 3.64. The second-order valence-electron chi connectivity index (χ2n) is 4.83. The molecule has 2 saturated heterocycles. The molecule has 0 bridgehead atoms. The zero-order chi connectivity index (χ0) is 13.2. The monoisotopic (exact) mass is 276 g/mol. The van der Waals surface area contributed by atoms with Crippen LogP contribution in [-0.2, 0) is 19.4 Å². The lowest BCUT2D eigenvalue weighted by Crippen LogP contribution is -2.48. The summed E-state index contributed by atoms with van der Waals surface area (Å²) in [5.41, 5.74) is 0. The van der Waals surface area contributed by atoms with Crippen molar-refractivity contribution in [1.29, 1.82) is 0 Å². The molecule has 0 aromatic rings. The van der Waals surface area contributed by atoms with Crippen LogP contribution in [-0.4, -0.2) is 69.6 Å². The summed E-state index contributed by atoms with van der Waals surface area (Å²) in [4.78, 5) is 13.8. The minimum Gasteiger partial charge on any atom is -0.377 e. The molecule has 0 aliphatic carbocycles. The van der Waals surface area contributed by atoms with Crippen LogP contribution in [0.2, 0.25) is 0 Å². The summed E-state index contributed by atoms with van der Waals surface area (Å²) >= 11 is 0. The highest BCUT2D eigenvalue weighted by Crippen LogP contribution is 2.21. The van der Waals surface area contributed by atoms with Crippen LogP contribution >= 0.6 is 0 Å². The van der Waals surface area contributed by atoms with Crippen molar-refractivity contribution < 1.29 is 17.9 Å². The van der Waals surface area contributed by atoms with Crippen LogP contribution in [0.5, 0.6) is 0 Å². The van der Waals surface area contributed by atoms with Crippen molar-refractivity contribution in [1.82, 2.24) is 10.2 Å². The Morgan fingerprint density at radius 2 is 2.28 bits per heavy atom. The van der Waals surface area contributed by atoms with Crippen LogP contribution < -0.4 is 5.32 Å². The fourth-order valence-corrected chi connectivity index (χ4v) is 4.31. The Morgan fingerprint density at radius 1 is 1.50 bits per heavy atom. The van der Waals surface area contributed by atoms with Gasteiger partial charge in [-0.3, -0.25) is 4.79 Å². The van der Waals surface area contributed by atoms with Gasteiger partial charge in [0.2, 0.25) is 5.91 Å². The van der Waals surface area contributed by atoms with E-state index in [1.165, 1.54) is 0 Å². The van der Waals surface area contributed by atoms with Crippen molar-refractivity contribution in [2.75, 3.05) is 39.1 Å². The molecule has 0 aromatic heterocycles. The maximum atomic E-state index is 12.2. The number of sulfone groups is 1. The highest BCUT2D eigenvalue weighted by Gasteiger charge is 2.35. The molecule has 104 valence electrons. The first kappa shape index (κ1) is 13.8. The molecule has 2 heterocycles. The van der Waals surface area contributed by atoms with Gasteiger partial charge in [0.15, 0.2) is 9.84 Å². The molecule has 2 fully saturated rings. The molecule has 6 nitrogen and oxygen atoms in total. The Kier molecular flexibility index (Phi) is 4.24. The zero-order valence-electron chi connectivity index (χ0n) is 10.6. The highest BCUT2D eigenvalue weighted by atomic mass is 32.2. The van der Waals surface area contributed by atoms with E-state index < -0.39 is 15.1 Å². The van der Waals surface area contributed by atoms with Gasteiger partial charge in [-0.05, 0) is 19.9 Å². The molecule has 0 spiro atoms. The van der Waals surface area contributed by atoms with Crippen LogP contribution in [0.4, 0.5) is 0 Å². The summed E-state index contributed by atoms with van der Waals surface area (Å²) in [7, 11) is -1.29. The predicted octanol–water partition coefficient (Wildman–Crippen LogP) is -0.990. The van der Waals surface area contributed by atoms with E-state index in [1.807, 2.05) is 0 Å². The average Bonchev–Trinajstić information content (AvgIpc) is 2.55. The van der Waals surface area contributed by atoms with Crippen molar-refractivity contribution in [2.45, 2.75) is 24.1 Å². The van der Waals surface area contributed by atoms with Crippen molar-refractivity contribution >= 4 is 15.7 Å². The van der Waals surface area contributed by atoms with Crippen molar-refractivity contribution in [3.63, 3.8) is 0 Å². The number of carbonyl (C=O) groups is 1. The molecule has 1 amide bonds. The van der Waals surface area contributed by atoms with Gasteiger partial charge in [-0.2, -0.15) is 0 Å². The second kappa shape index (κ2) is 5.54. The first-order valence-electron chi connectivity index (χ1n) is 6.30. The first-order valence-corrected chi connectivity index (χ1v) is 8.01. The lowest BCUT2D eigenvalue weighted by molar-refractivity contribution is -0.132. The molecule has 2 aliphatic heterocycles. The Hall–Kier alpha value is -0.660. The van der Waals surface area contributed by atoms with Gasteiger partial charge in [0, 0.05) is 13.1 Å². The smallest absolute Gasteiger partial charge is 0.242 e. The lowest BCUT2D eigenvalue weighted by atomic mass is 10.2. The van der Waals surface area contributed by atoms with Crippen molar-refractivity contribution in [2.24, 2.45) is 0 Å². The molecule has 0 radical (unpaired) electrons. The largest absolute Gasteiger partial charge is 0.377 e. The molecule has 2 atom stereocenters. The number of amides is 1. The van der Waals surface area contributed by atoms with Gasteiger partial charge in [-0.1, -0.05) is 0 Å². The summed E-state index contributed by atoms with van der Waals surface area (Å²) in [6, 6.07) is -0.364. The molecule has 2 aliphatic rings. The van der Waals surface area contributed by atoms with Gasteiger partial charge >= 0.3 is 0 Å². The van der Waals surface area contributed by atoms with E-state index in [1.54, 1.807) is 11.9 Å². The fourth-order valence-electron chi connectivity index (χ4n) is 2.47. The summed E-state index contributed by atoms with van der Waals surface area (Å²) in [5, 5.41) is 2.51. The quantitative estimate of drug-likeness (QED) is 0.716. The Balaban J connectivity index is 2.05. The number of likely N-dealkylation sites (N-methyl/N-ethyl adjacent to an activating group) is 1. The highest BCUT2D eigenvalue weighted by molar-refractivity contribution is 7.92. The first-order chi connectivity index (χ1) is 8.54. The number of nitrogens with one attached hydrogen (secondary N) is 1. The van der Waals surface area contributed by atoms with E-state index in [9.17, 15) is 13.2 Å². The SMILES string of the molecule is CNC1COCCN(CC2CCCS2(=O)=O)C1=O. The van der Waals surface area contributed by atoms with Crippen LogP contribution in [0.25, 0.3) is 0 Å². The van der Waals surface area contributed by atoms with Gasteiger partial charge in [0.05, 0.1) is 24.2 Å². The van der Waals surface area contributed by atoms with Crippen molar-refractivity contribution in [3.05, 3.63) is 0 Å². The summed E-state index contributed by atoms with van der Waals surface area (Å²) in [6.45, 7) is 1.60. The topological polar surface area (TPSA) is 75.7 Å². The lowest BCUT2D eigenvalue weighted by Gasteiger charge is -2.25. The molecular formula is C11H20N2O4S. The van der Waals surface area contributed by atoms with E-state index in [2.05, 4.69) is 5.32 Å². The van der Waals surface area contributed by atoms with E-state index in [0.29, 0.717) is 39.1 Å². The van der Waals surface area contributed by atoms with Crippen LogP contribution in [0.1, 0.15) is 12.8 Å². The van der Waals surface area contributed by atoms with Gasteiger partial charge in [-0.25, -0.2) is 8.42 Å². The molecular weight excluding hydrogens is 256 g/mol. The third-order valence-corrected chi connectivity index (χ3v) is 5.89. The summed E-state index contributed by atoms with van der Waals surface area (Å²) in [6.07, 6.45) is 1.37. The minimum absolute atomic E-state index is 0.0582. The summed E-state index contributed by atoms with van der Waals surface area (Å²) in [5.74, 6) is 0.197. The average molecular weight is 276 g/mol. The van der Waals surface area contributed by atoms with Crippen LogP contribution in [0, 0.1) is 0 Å². The maximum absolute atomic E-state index is 12.2. The Labute approximate surface area is 108 Å². The fraction of sp³-hybridized carbons (Fsp3) is 0.909. The van der Waals surface area contributed by atoms with Crippen LogP contribution in [0.3, 0.4) is 0 Å². The van der Waals surface area contributed by atoms with E-state index in [-0.39, 0.29) is 17.7 Å². The van der Waals surface area contributed by atoms with Gasteiger partial charge in [0.1, 0.15) is 6.04 Å². The maximum Gasteiger partial charge on any atom is 0.242 e. The Bertz CT molecular complexity index is 409. The number of hydrogen-bond donors (Lipinski definition) is 1. The van der Waals surface area contributed by atoms with Crippen molar-refractivity contribution in [3.8, 4) is 0 Å². The van der Waals surface area contributed by atoms with E-state index >= 15 is 0 Å². The zero-order valence-corrected chi connectivity index (χ0v) is 11.4. The number of hydrogen-bond acceptors (Lipinski definition) is 5. The molecule has 0 aromatic carbocycles. The number of nitrogens with zero attached hydrogens (tertiary/aromatic N) is 1. The minimum atomic E-state index is -3.00. The van der Waals surface area contributed by atoms with Gasteiger partial charge < -0.3 is 15.0 Å². The summed E-state index contributed by atoms with van der Waals surface area (Å²) < 4.78 is 28.9. The molecule has 2 unspecified atom stereocenters. The number of rotatable bonds is 3. The predicted molar refractivity (Wildman–Crippen MR) is 67.1 cm³/mol. The normalized spacial score (nSPS) is 32.5. The Morgan fingerprint density at radius 3 is 2.89 bits per heavy atom. The molecule has 7 heteroatoms. The third kappa shape index (κ3) is 2.84. The number of carbonyl (C=O) groups excluding carboxylic acids is 1. The van der Waals surface area contributed by atoms with E-state index in [0.717, 1.165) is 0 Å². The number of ether oxygens (including phenoxy) is 1. The van der Waals surface area contributed by atoms with Crippen LogP contribution in [0.15, 0.2) is 0 Å². The van der Waals surface area contributed by atoms with Gasteiger partial charge in [-0.15, -0.1) is 0 Å². The molecule has 2 rings (SSSR count). The van der Waals surface area contributed by atoms with Gasteiger partial charge in [0.25, 0.3) is 0 Å². The standard InChI is InChI=1S/C11H20N2O4S/c1-12-10-8-17-5-4-13(11(10)14)7-9-3-2-6-18(9,15)16/h9-10,12H,2-8H2,1H3. The second-order valence-corrected chi connectivity index (χ2v) is 7.23. The molecule has 0 saturated carbocycles.